The Morgan fingerprint density at radius 3 is 2.75 bits per heavy atom. The van der Waals surface area contributed by atoms with Crippen LogP contribution in [0.3, 0.4) is 0 Å². The molecule has 0 saturated carbocycles. The zero-order valence-corrected chi connectivity index (χ0v) is 17.5. The molecule has 1 N–H and O–H groups in total. The van der Waals surface area contributed by atoms with Gasteiger partial charge < -0.3 is 10.1 Å². The number of fused-ring (bicyclic) bond motifs is 1. The first-order valence-electron chi connectivity index (χ1n) is 9.24. The molecule has 7 heteroatoms. The van der Waals surface area contributed by atoms with Crippen LogP contribution in [0, 0.1) is 11.3 Å². The SMILES string of the molecule is CSc1ccccc1C(=O)O[C@@H](C)C(=O)Nc1sc2c(c1C#N)CCCCC2. The summed E-state index contributed by atoms with van der Waals surface area (Å²) in [6, 6.07) is 9.38. The van der Waals surface area contributed by atoms with Gasteiger partial charge in [0, 0.05) is 9.77 Å². The highest BCUT2D eigenvalue weighted by Crippen LogP contribution is 2.37. The van der Waals surface area contributed by atoms with Crippen LogP contribution in [0.2, 0.25) is 0 Å². The average Bonchev–Trinajstić information content (AvgIpc) is 2.86. The van der Waals surface area contributed by atoms with Crippen LogP contribution in [0.1, 0.15) is 52.5 Å². The average molecular weight is 415 g/mol. The van der Waals surface area contributed by atoms with Gasteiger partial charge in [-0.3, -0.25) is 4.79 Å². The van der Waals surface area contributed by atoms with Crippen molar-refractivity contribution >= 4 is 40.0 Å². The second kappa shape index (κ2) is 9.26. The van der Waals surface area contributed by atoms with Crippen LogP contribution in [-0.2, 0) is 22.4 Å². The topological polar surface area (TPSA) is 79.2 Å². The van der Waals surface area contributed by atoms with Gasteiger partial charge in [0.05, 0.1) is 11.1 Å². The number of hydrogen-bond acceptors (Lipinski definition) is 6. The fourth-order valence-corrected chi connectivity index (χ4v) is 5.08. The smallest absolute Gasteiger partial charge is 0.340 e. The summed E-state index contributed by atoms with van der Waals surface area (Å²) in [6.45, 7) is 1.54. The van der Waals surface area contributed by atoms with E-state index in [9.17, 15) is 14.9 Å². The van der Waals surface area contributed by atoms with Crippen LogP contribution in [0.5, 0.6) is 0 Å². The number of amides is 1. The van der Waals surface area contributed by atoms with Crippen LogP contribution in [-0.4, -0.2) is 24.2 Å². The normalized spacial score (nSPS) is 14.3. The van der Waals surface area contributed by atoms with Crippen molar-refractivity contribution < 1.29 is 14.3 Å². The second-order valence-corrected chi connectivity index (χ2v) is 8.57. The van der Waals surface area contributed by atoms with E-state index in [-0.39, 0.29) is 0 Å². The van der Waals surface area contributed by atoms with Crippen molar-refractivity contribution in [1.82, 2.24) is 0 Å². The predicted octanol–water partition coefficient (Wildman–Crippen LogP) is 4.79. The molecule has 146 valence electrons. The Balaban J connectivity index is 1.71. The second-order valence-electron chi connectivity index (χ2n) is 6.62. The number of nitrogens with zero attached hydrogens (tertiary/aromatic N) is 1. The molecule has 2 aromatic rings. The third-order valence-corrected chi connectivity index (χ3v) is 6.75. The molecule has 1 aromatic heterocycles. The molecular formula is C21H22N2O3S2. The molecule has 1 aliphatic carbocycles. The minimum atomic E-state index is -0.962. The summed E-state index contributed by atoms with van der Waals surface area (Å²) in [5, 5.41) is 12.9. The molecule has 28 heavy (non-hydrogen) atoms. The molecule has 0 bridgehead atoms. The highest BCUT2D eigenvalue weighted by Gasteiger charge is 2.25. The number of carbonyl (C=O) groups excluding carboxylic acids is 2. The van der Waals surface area contributed by atoms with Gasteiger partial charge in [-0.1, -0.05) is 18.6 Å². The summed E-state index contributed by atoms with van der Waals surface area (Å²) in [6.07, 6.45) is 6.07. The standard InChI is InChI=1S/C21H22N2O3S2/c1-13(26-21(25)15-9-6-7-10-17(15)27-2)19(24)23-20-16(12-22)14-8-4-3-5-11-18(14)28-20/h6-7,9-10,13H,3-5,8,11H2,1-2H3,(H,23,24)/t13-/m0/s1. The van der Waals surface area contributed by atoms with Crippen molar-refractivity contribution in [2.45, 2.75) is 50.0 Å². The van der Waals surface area contributed by atoms with Gasteiger partial charge in [-0.15, -0.1) is 23.1 Å². The van der Waals surface area contributed by atoms with Gasteiger partial charge in [-0.2, -0.15) is 5.26 Å². The Morgan fingerprint density at radius 2 is 2.00 bits per heavy atom. The van der Waals surface area contributed by atoms with Crippen LogP contribution >= 0.6 is 23.1 Å². The number of benzene rings is 1. The summed E-state index contributed by atoms with van der Waals surface area (Å²) in [4.78, 5) is 27.0. The molecule has 0 spiro atoms. The molecule has 0 aliphatic heterocycles. The van der Waals surface area contributed by atoms with E-state index in [1.165, 1.54) is 34.4 Å². The van der Waals surface area contributed by atoms with Crippen molar-refractivity contribution in [1.29, 1.82) is 5.26 Å². The molecular weight excluding hydrogens is 392 g/mol. The van der Waals surface area contributed by atoms with Gasteiger partial charge in [-0.25, -0.2) is 4.79 Å². The van der Waals surface area contributed by atoms with E-state index < -0.39 is 18.0 Å². The van der Waals surface area contributed by atoms with Gasteiger partial charge in [0.15, 0.2) is 6.10 Å². The fraction of sp³-hybridized carbons (Fsp3) is 0.381. The number of ether oxygens (including phenoxy) is 1. The lowest BCUT2D eigenvalue weighted by atomic mass is 10.1. The van der Waals surface area contributed by atoms with Gasteiger partial charge in [0.1, 0.15) is 11.1 Å². The molecule has 1 aromatic carbocycles. The fourth-order valence-electron chi connectivity index (χ4n) is 3.25. The number of anilines is 1. The van der Waals surface area contributed by atoms with Crippen molar-refractivity contribution in [3.63, 3.8) is 0 Å². The Bertz CT molecular complexity index is 930. The van der Waals surface area contributed by atoms with Gasteiger partial charge in [0.2, 0.25) is 0 Å². The first kappa shape index (κ1) is 20.4. The lowest BCUT2D eigenvalue weighted by Crippen LogP contribution is -2.30. The number of aryl methyl sites for hydroxylation is 1. The van der Waals surface area contributed by atoms with E-state index in [0.717, 1.165) is 36.1 Å². The maximum atomic E-state index is 12.6. The van der Waals surface area contributed by atoms with Crippen LogP contribution < -0.4 is 5.32 Å². The quantitative estimate of drug-likeness (QED) is 0.432. The van der Waals surface area contributed by atoms with Crippen molar-refractivity contribution in [2.75, 3.05) is 11.6 Å². The minimum Gasteiger partial charge on any atom is -0.449 e. The van der Waals surface area contributed by atoms with E-state index in [1.807, 2.05) is 18.4 Å². The summed E-state index contributed by atoms with van der Waals surface area (Å²) in [7, 11) is 0. The maximum Gasteiger partial charge on any atom is 0.340 e. The lowest BCUT2D eigenvalue weighted by Gasteiger charge is -2.14. The Morgan fingerprint density at radius 1 is 1.25 bits per heavy atom. The van der Waals surface area contributed by atoms with E-state index in [1.54, 1.807) is 19.1 Å². The van der Waals surface area contributed by atoms with Crippen LogP contribution in [0.15, 0.2) is 29.2 Å². The number of carbonyl (C=O) groups is 2. The van der Waals surface area contributed by atoms with E-state index in [4.69, 9.17) is 4.74 Å². The summed E-state index contributed by atoms with van der Waals surface area (Å²) < 4.78 is 5.37. The number of thiophene rings is 1. The van der Waals surface area contributed by atoms with Crippen LogP contribution in [0.25, 0.3) is 0 Å². The zero-order valence-electron chi connectivity index (χ0n) is 15.9. The van der Waals surface area contributed by atoms with Gasteiger partial charge in [0.25, 0.3) is 5.91 Å². The molecule has 0 saturated heterocycles. The van der Waals surface area contributed by atoms with Gasteiger partial charge >= 0.3 is 5.97 Å². The van der Waals surface area contributed by atoms with Crippen molar-refractivity contribution in [2.24, 2.45) is 0 Å². The van der Waals surface area contributed by atoms with E-state index >= 15 is 0 Å². The Labute approximate surface area is 173 Å². The first-order chi connectivity index (χ1) is 13.5. The lowest BCUT2D eigenvalue weighted by molar-refractivity contribution is -0.123. The number of thioether (sulfide) groups is 1. The molecule has 1 heterocycles. The van der Waals surface area contributed by atoms with E-state index in [0.29, 0.717) is 16.1 Å². The predicted molar refractivity (Wildman–Crippen MR) is 112 cm³/mol. The van der Waals surface area contributed by atoms with Crippen molar-refractivity contribution in [3.05, 3.63) is 45.8 Å². The molecule has 3 rings (SSSR count). The monoisotopic (exact) mass is 414 g/mol. The van der Waals surface area contributed by atoms with Gasteiger partial charge in [-0.05, 0) is 56.6 Å². The maximum absolute atomic E-state index is 12.6. The summed E-state index contributed by atoms with van der Waals surface area (Å²) in [5.74, 6) is -0.960. The highest BCUT2D eigenvalue weighted by molar-refractivity contribution is 7.98. The Hall–Kier alpha value is -2.30. The van der Waals surface area contributed by atoms with E-state index in [2.05, 4.69) is 11.4 Å². The van der Waals surface area contributed by atoms with Crippen molar-refractivity contribution in [3.8, 4) is 6.07 Å². The number of rotatable bonds is 5. The molecule has 1 aliphatic rings. The summed E-state index contributed by atoms with van der Waals surface area (Å²) >= 11 is 2.92. The molecule has 1 amide bonds. The molecule has 0 unspecified atom stereocenters. The zero-order chi connectivity index (χ0) is 20.1. The minimum absolute atomic E-state index is 0.428. The molecule has 0 radical (unpaired) electrons. The molecule has 1 atom stereocenters. The van der Waals surface area contributed by atoms with Crippen LogP contribution in [0.4, 0.5) is 5.00 Å². The first-order valence-corrected chi connectivity index (χ1v) is 11.3. The number of nitriles is 1. The number of esters is 1. The molecule has 0 fully saturated rings. The molecule has 5 nitrogen and oxygen atoms in total. The number of hydrogen-bond donors (Lipinski definition) is 1. The largest absolute Gasteiger partial charge is 0.449 e. The third-order valence-electron chi connectivity index (χ3n) is 4.75. The number of nitrogens with one attached hydrogen (secondary N) is 1. The third kappa shape index (κ3) is 4.40. The summed E-state index contributed by atoms with van der Waals surface area (Å²) in [5.41, 5.74) is 2.07. The highest BCUT2D eigenvalue weighted by atomic mass is 32.2. The Kier molecular flexibility index (Phi) is 6.76.